The van der Waals surface area contributed by atoms with Gasteiger partial charge in [0.2, 0.25) is 5.91 Å². The summed E-state index contributed by atoms with van der Waals surface area (Å²) in [7, 11) is 1.77. The van der Waals surface area contributed by atoms with E-state index in [1.165, 1.54) is 17.2 Å². The van der Waals surface area contributed by atoms with E-state index < -0.39 is 17.9 Å². The highest BCUT2D eigenvalue weighted by Gasteiger charge is 2.27. The lowest BCUT2D eigenvalue weighted by Crippen LogP contribution is -2.44. The molecule has 2 aromatic heterocycles. The van der Waals surface area contributed by atoms with Gasteiger partial charge in [0.15, 0.2) is 0 Å². The molecule has 0 aromatic carbocycles. The summed E-state index contributed by atoms with van der Waals surface area (Å²) in [4.78, 5) is 37.2. The molecule has 1 saturated carbocycles. The van der Waals surface area contributed by atoms with Crippen LogP contribution in [0.1, 0.15) is 65.1 Å². The lowest BCUT2D eigenvalue weighted by atomic mass is 9.84. The lowest BCUT2D eigenvalue weighted by molar-refractivity contribution is -0.136. The number of nitrogens with zero attached hydrogens (tertiary/aromatic N) is 2. The number of carboxylic acids is 1. The zero-order chi connectivity index (χ0) is 24.0. The minimum absolute atomic E-state index is 0.0626. The molecule has 0 aliphatic heterocycles. The van der Waals surface area contributed by atoms with Crippen molar-refractivity contribution in [2.45, 2.75) is 51.1 Å². The number of amidine groups is 1. The minimum atomic E-state index is -1.03. The fourth-order valence-electron chi connectivity index (χ4n) is 4.43. The maximum absolute atomic E-state index is 13.3. The Morgan fingerprint density at radius 3 is 2.61 bits per heavy atom. The molecule has 0 saturated heterocycles. The molecule has 2 aromatic rings. The van der Waals surface area contributed by atoms with Crippen molar-refractivity contribution in [1.82, 2.24) is 19.8 Å². The van der Waals surface area contributed by atoms with Crippen molar-refractivity contribution >= 4 is 23.6 Å². The van der Waals surface area contributed by atoms with Gasteiger partial charge in [0.25, 0.3) is 5.91 Å². The third-order valence-electron chi connectivity index (χ3n) is 6.10. The van der Waals surface area contributed by atoms with Crippen LogP contribution in [0.2, 0.25) is 0 Å². The smallest absolute Gasteiger partial charge is 0.317 e. The summed E-state index contributed by atoms with van der Waals surface area (Å²) in [6.45, 7) is -0.111. The molecule has 178 valence electrons. The highest BCUT2D eigenvalue weighted by atomic mass is 16.4. The molecule has 0 radical (unpaired) electrons. The van der Waals surface area contributed by atoms with Crippen molar-refractivity contribution in [2.24, 2.45) is 18.7 Å². The number of aromatic nitrogens is 2. The van der Waals surface area contributed by atoms with Crippen molar-refractivity contribution in [3.05, 3.63) is 47.5 Å². The van der Waals surface area contributed by atoms with Gasteiger partial charge in [0.1, 0.15) is 11.5 Å². The monoisotopic (exact) mass is 456 g/mol. The van der Waals surface area contributed by atoms with Crippen LogP contribution in [0.25, 0.3) is 0 Å². The molecule has 1 atom stereocenters. The fourth-order valence-corrected chi connectivity index (χ4v) is 4.43. The largest absolute Gasteiger partial charge is 0.480 e. The van der Waals surface area contributed by atoms with Crippen LogP contribution in [-0.4, -0.2) is 50.4 Å². The van der Waals surface area contributed by atoms with Crippen LogP contribution in [0.15, 0.2) is 30.6 Å². The summed E-state index contributed by atoms with van der Waals surface area (Å²) in [6, 6.07) is 4.23. The molecular weight excluding hydrogens is 424 g/mol. The van der Waals surface area contributed by atoms with E-state index >= 15 is 0 Å². The Labute approximate surface area is 192 Å². The highest BCUT2D eigenvalue weighted by Crippen LogP contribution is 2.28. The van der Waals surface area contributed by atoms with Gasteiger partial charge in [-0.15, -0.1) is 0 Å². The van der Waals surface area contributed by atoms with Crippen molar-refractivity contribution in [2.75, 3.05) is 6.54 Å². The Morgan fingerprint density at radius 2 is 1.97 bits per heavy atom. The molecule has 0 spiro atoms. The number of hydrogen-bond donors (Lipinski definition) is 5. The molecule has 0 unspecified atom stereocenters. The average Bonchev–Trinajstić information content (AvgIpc) is 3.42. The molecule has 10 nitrogen and oxygen atoms in total. The normalized spacial score (nSPS) is 15.2. The first-order chi connectivity index (χ1) is 15.8. The maximum Gasteiger partial charge on any atom is 0.317 e. The Balaban J connectivity index is 1.70. The Bertz CT molecular complexity index is 1020. The van der Waals surface area contributed by atoms with Crippen LogP contribution in [0.4, 0.5) is 0 Å². The van der Waals surface area contributed by atoms with Gasteiger partial charge in [-0.2, -0.15) is 0 Å². The lowest BCUT2D eigenvalue weighted by Gasteiger charge is -2.26. The SMILES string of the molecule is Cn1cc(CNC(=O)c2cccn2C(=O)[C@@H](CC2CCCCC2)NCC(=O)O)cc1C(=N)N. The third kappa shape index (κ3) is 6.32. The molecule has 10 heteroatoms. The van der Waals surface area contributed by atoms with E-state index in [1.807, 2.05) is 0 Å². The zero-order valence-corrected chi connectivity index (χ0v) is 18.8. The molecule has 1 aliphatic carbocycles. The van der Waals surface area contributed by atoms with E-state index in [4.69, 9.17) is 16.2 Å². The predicted octanol–water partition coefficient (Wildman–Crippen LogP) is 1.69. The van der Waals surface area contributed by atoms with Crippen molar-refractivity contribution < 1.29 is 19.5 Å². The molecule has 1 amide bonds. The number of nitrogens with one attached hydrogen (secondary N) is 3. The van der Waals surface area contributed by atoms with Gasteiger partial charge in [0, 0.05) is 26.0 Å². The van der Waals surface area contributed by atoms with Gasteiger partial charge in [-0.05, 0) is 36.1 Å². The number of aliphatic carboxylic acids is 1. The van der Waals surface area contributed by atoms with Crippen molar-refractivity contribution in [3.8, 4) is 0 Å². The van der Waals surface area contributed by atoms with E-state index in [0.717, 1.165) is 31.2 Å². The van der Waals surface area contributed by atoms with Crippen LogP contribution in [0.5, 0.6) is 0 Å². The molecule has 33 heavy (non-hydrogen) atoms. The Morgan fingerprint density at radius 1 is 1.24 bits per heavy atom. The number of carbonyl (C=O) groups excluding carboxylic acids is 2. The summed E-state index contributed by atoms with van der Waals surface area (Å²) in [5, 5.41) is 22.3. The molecule has 1 fully saturated rings. The number of carboxylic acid groups (broad SMARTS) is 1. The second-order valence-corrected chi connectivity index (χ2v) is 8.61. The average molecular weight is 457 g/mol. The van der Waals surface area contributed by atoms with Crippen molar-refractivity contribution in [1.29, 1.82) is 5.41 Å². The van der Waals surface area contributed by atoms with Crippen LogP contribution in [-0.2, 0) is 18.4 Å². The van der Waals surface area contributed by atoms with E-state index in [-0.39, 0.29) is 30.5 Å². The van der Waals surface area contributed by atoms with E-state index in [2.05, 4.69) is 10.6 Å². The standard InChI is InChI=1S/C23H32N6O4/c1-28-14-16(11-19(28)21(24)25)12-27-22(32)18-8-5-9-29(18)23(33)17(26-13-20(30)31)10-15-6-3-2-4-7-15/h5,8-9,11,14-15,17,26H,2-4,6-7,10,12-13H2,1H3,(H3,24,25)(H,27,32)(H,30,31)/t17-/m1/s1. The quantitative estimate of drug-likeness (QED) is 0.271. The topological polar surface area (TPSA) is 155 Å². The van der Waals surface area contributed by atoms with Crippen LogP contribution in [0, 0.1) is 11.3 Å². The number of nitrogen functional groups attached to an aromatic ring is 1. The molecule has 6 N–H and O–H groups in total. The van der Waals surface area contributed by atoms with Gasteiger partial charge >= 0.3 is 5.97 Å². The van der Waals surface area contributed by atoms with Gasteiger partial charge in [-0.1, -0.05) is 32.1 Å². The van der Waals surface area contributed by atoms with Crippen molar-refractivity contribution in [3.63, 3.8) is 0 Å². The number of amides is 1. The Kier molecular flexibility index (Phi) is 8.05. The fraction of sp³-hybridized carbons (Fsp3) is 0.478. The first-order valence-corrected chi connectivity index (χ1v) is 11.2. The number of nitrogens with two attached hydrogens (primary N) is 1. The Hall–Kier alpha value is -3.40. The zero-order valence-electron chi connectivity index (χ0n) is 18.8. The van der Waals surface area contributed by atoms with Gasteiger partial charge in [-0.3, -0.25) is 29.7 Å². The van der Waals surface area contributed by atoms with Gasteiger partial charge in [-0.25, -0.2) is 0 Å². The van der Waals surface area contributed by atoms with Crippen LogP contribution in [0.3, 0.4) is 0 Å². The molecule has 3 rings (SSSR count). The number of aryl methyl sites for hydroxylation is 1. The molecular formula is C23H32N6O4. The summed E-state index contributed by atoms with van der Waals surface area (Å²) >= 11 is 0. The van der Waals surface area contributed by atoms with E-state index in [1.54, 1.807) is 36.0 Å². The maximum atomic E-state index is 13.3. The second-order valence-electron chi connectivity index (χ2n) is 8.61. The number of hydrogen-bond acceptors (Lipinski definition) is 5. The second kappa shape index (κ2) is 11.0. The minimum Gasteiger partial charge on any atom is -0.480 e. The summed E-state index contributed by atoms with van der Waals surface area (Å²) < 4.78 is 3.00. The van der Waals surface area contributed by atoms with Gasteiger partial charge in [0.05, 0.1) is 18.3 Å². The first kappa shape index (κ1) is 24.2. The van der Waals surface area contributed by atoms with Gasteiger partial charge < -0.3 is 20.7 Å². The van der Waals surface area contributed by atoms with Crippen LogP contribution < -0.4 is 16.4 Å². The molecule has 1 aliphatic rings. The number of rotatable bonds is 10. The predicted molar refractivity (Wildman–Crippen MR) is 123 cm³/mol. The molecule has 0 bridgehead atoms. The first-order valence-electron chi connectivity index (χ1n) is 11.2. The van der Waals surface area contributed by atoms with E-state index in [0.29, 0.717) is 18.0 Å². The summed E-state index contributed by atoms with van der Waals surface area (Å²) in [5.41, 5.74) is 7.06. The summed E-state index contributed by atoms with van der Waals surface area (Å²) in [6.07, 6.45) is 9.33. The van der Waals surface area contributed by atoms with E-state index in [9.17, 15) is 14.4 Å². The number of carbonyl (C=O) groups is 3. The highest BCUT2D eigenvalue weighted by molar-refractivity contribution is 5.98. The molecule has 2 heterocycles. The summed E-state index contributed by atoms with van der Waals surface area (Å²) in [5.74, 6) is -1.50. The third-order valence-corrected chi connectivity index (χ3v) is 6.10. The van der Waals surface area contributed by atoms with Crippen LogP contribution >= 0.6 is 0 Å².